The third-order valence-electron chi connectivity index (χ3n) is 8.45. The van der Waals surface area contributed by atoms with Gasteiger partial charge in [-0.15, -0.1) is 0 Å². The second-order valence-electron chi connectivity index (χ2n) is 13.9. The number of hydrogen-bond acceptors (Lipinski definition) is 8. The van der Waals surface area contributed by atoms with Crippen LogP contribution in [0.1, 0.15) is 142 Å². The van der Waals surface area contributed by atoms with Crippen LogP contribution in [-0.2, 0) is 27.9 Å². The summed E-state index contributed by atoms with van der Waals surface area (Å²) >= 11 is 0. The van der Waals surface area contributed by atoms with Crippen LogP contribution >= 0.6 is 7.82 Å². The molecule has 330 valence electrons. The smallest absolute Gasteiger partial charge is 0.457 e. The minimum absolute atomic E-state index is 0.0110. The van der Waals surface area contributed by atoms with Crippen LogP contribution in [0.15, 0.2) is 109 Å². The first-order chi connectivity index (χ1) is 28.3. The van der Waals surface area contributed by atoms with Gasteiger partial charge in [0.1, 0.15) is 12.2 Å². The number of carbonyl (C=O) groups excluding carboxylic acids is 1. The van der Waals surface area contributed by atoms with E-state index in [9.17, 15) is 19.4 Å². The highest BCUT2D eigenvalue weighted by molar-refractivity contribution is 7.47. The van der Waals surface area contributed by atoms with Crippen molar-refractivity contribution < 1.29 is 43.0 Å². The van der Waals surface area contributed by atoms with Gasteiger partial charge in [0.15, 0.2) is 0 Å². The highest BCUT2D eigenvalue weighted by atomic mass is 31.2. The van der Waals surface area contributed by atoms with Gasteiger partial charge in [-0.3, -0.25) is 13.8 Å². The number of unbranched alkanes of at least 4 members (excludes halogenated alkanes) is 8. The van der Waals surface area contributed by atoms with Crippen LogP contribution in [0.3, 0.4) is 0 Å². The van der Waals surface area contributed by atoms with Crippen molar-refractivity contribution in [1.29, 1.82) is 0 Å². The molecule has 0 aliphatic carbocycles. The number of rotatable bonds is 40. The quantitative estimate of drug-likeness (QED) is 0.0239. The molecular weight excluding hydrogens is 751 g/mol. The first kappa shape index (κ1) is 55.1. The fourth-order valence-electron chi connectivity index (χ4n) is 5.20. The predicted molar refractivity (Wildman–Crippen MR) is 241 cm³/mol. The SMILES string of the molecule is CC/C=C\C/C=C\C/C=C\C/C=C\C/C=C\CCCC(=O)OC(COCCCCCCCCC/C=C\C/C=C\C/C=C\C/C=C\CC)COP(=O)(O)OCC(O)CO. The van der Waals surface area contributed by atoms with E-state index in [1.807, 2.05) is 6.08 Å². The van der Waals surface area contributed by atoms with E-state index >= 15 is 0 Å². The molecule has 10 heteroatoms. The maximum atomic E-state index is 12.6. The van der Waals surface area contributed by atoms with Gasteiger partial charge in [0, 0.05) is 13.0 Å². The van der Waals surface area contributed by atoms with Crippen LogP contribution in [0.4, 0.5) is 0 Å². The molecule has 0 fully saturated rings. The summed E-state index contributed by atoms with van der Waals surface area (Å²) in [6.07, 6.45) is 56.2. The van der Waals surface area contributed by atoms with Gasteiger partial charge < -0.3 is 24.6 Å². The van der Waals surface area contributed by atoms with Gasteiger partial charge in [0.2, 0.25) is 0 Å². The van der Waals surface area contributed by atoms with Crippen molar-refractivity contribution in [2.45, 2.75) is 154 Å². The Balaban J connectivity index is 4.30. The van der Waals surface area contributed by atoms with Gasteiger partial charge >= 0.3 is 13.8 Å². The largest absolute Gasteiger partial charge is 0.472 e. The Morgan fingerprint density at radius 2 is 0.931 bits per heavy atom. The lowest BCUT2D eigenvalue weighted by Crippen LogP contribution is -2.29. The van der Waals surface area contributed by atoms with E-state index in [1.165, 1.54) is 25.7 Å². The van der Waals surface area contributed by atoms with E-state index in [0.29, 0.717) is 13.0 Å². The lowest BCUT2D eigenvalue weighted by molar-refractivity contribution is -0.154. The zero-order valence-electron chi connectivity index (χ0n) is 36.0. The fraction of sp³-hybridized carbons (Fsp3) is 0.604. The number of ether oxygens (including phenoxy) is 2. The number of phosphoric acid groups is 1. The number of carbonyl (C=O) groups is 1. The Morgan fingerprint density at radius 1 is 0.534 bits per heavy atom. The summed E-state index contributed by atoms with van der Waals surface area (Å²) in [4.78, 5) is 22.6. The Labute approximate surface area is 352 Å². The molecule has 0 bridgehead atoms. The highest BCUT2D eigenvalue weighted by Gasteiger charge is 2.26. The number of esters is 1. The van der Waals surface area contributed by atoms with Crippen molar-refractivity contribution in [2.24, 2.45) is 0 Å². The van der Waals surface area contributed by atoms with E-state index in [1.54, 1.807) is 0 Å². The van der Waals surface area contributed by atoms with Crippen LogP contribution < -0.4 is 0 Å². The van der Waals surface area contributed by atoms with Gasteiger partial charge in [-0.2, -0.15) is 0 Å². The molecule has 0 saturated carbocycles. The molecule has 0 aromatic carbocycles. The number of aliphatic hydroxyl groups is 2. The average molecular weight is 831 g/mol. The van der Waals surface area contributed by atoms with Crippen molar-refractivity contribution in [2.75, 3.05) is 33.0 Å². The summed E-state index contributed by atoms with van der Waals surface area (Å²) in [5.41, 5.74) is 0. The molecule has 0 aliphatic heterocycles. The molecule has 0 spiro atoms. The monoisotopic (exact) mass is 831 g/mol. The van der Waals surface area contributed by atoms with Gasteiger partial charge in [-0.25, -0.2) is 4.57 Å². The average Bonchev–Trinajstić information content (AvgIpc) is 3.21. The van der Waals surface area contributed by atoms with E-state index in [4.69, 9.17) is 23.6 Å². The first-order valence-corrected chi connectivity index (χ1v) is 23.4. The Hall–Kier alpha value is -2.88. The maximum absolute atomic E-state index is 12.6. The third-order valence-corrected chi connectivity index (χ3v) is 9.40. The minimum atomic E-state index is -4.55. The topological polar surface area (TPSA) is 132 Å². The normalized spacial score (nSPS) is 15.1. The van der Waals surface area contributed by atoms with Crippen molar-refractivity contribution in [3.63, 3.8) is 0 Å². The van der Waals surface area contributed by atoms with E-state index in [0.717, 1.165) is 89.9 Å². The standard InChI is InChI=1S/C48H79O9P/c1-3-5-7-9-11-13-15-17-19-21-22-23-25-27-29-31-33-35-37-39-41-54-44-47(45-56-58(52,53)55-43-46(50)42-49)57-48(51)40-38-36-34-32-30-28-26-24-20-18-16-14-12-10-8-6-4-2/h5-8,11-14,17-20,22-23,26,28,32,34,46-47,49-50H,3-4,9-10,15-16,21,24-25,27,29-31,33,35-45H2,1-2H3,(H,52,53)/b7-5-,8-6-,13-11-,14-12-,19-17-,20-18-,23-22-,28-26-,34-32-. The number of aliphatic hydroxyl groups excluding tert-OH is 2. The number of phosphoric ester groups is 1. The summed E-state index contributed by atoms with van der Waals surface area (Å²) < 4.78 is 33.3. The Morgan fingerprint density at radius 3 is 1.40 bits per heavy atom. The molecule has 0 rings (SSSR count). The Bertz CT molecular complexity index is 1260. The summed E-state index contributed by atoms with van der Waals surface area (Å²) in [5.74, 6) is -0.448. The second-order valence-corrected chi connectivity index (χ2v) is 15.4. The van der Waals surface area contributed by atoms with E-state index < -0.39 is 45.8 Å². The van der Waals surface area contributed by atoms with Gasteiger partial charge in [-0.1, -0.05) is 155 Å². The zero-order chi connectivity index (χ0) is 42.5. The molecule has 0 heterocycles. The van der Waals surface area contributed by atoms with Crippen LogP contribution in [0.25, 0.3) is 0 Å². The molecule has 0 aromatic heterocycles. The molecule has 0 aliphatic rings. The zero-order valence-corrected chi connectivity index (χ0v) is 36.9. The molecule has 9 nitrogen and oxygen atoms in total. The third kappa shape index (κ3) is 42.7. The molecule has 0 saturated heterocycles. The van der Waals surface area contributed by atoms with Crippen LogP contribution in [0.2, 0.25) is 0 Å². The molecule has 3 atom stereocenters. The lowest BCUT2D eigenvalue weighted by atomic mass is 10.1. The molecule has 0 amide bonds. The molecular formula is C48H79O9P. The minimum Gasteiger partial charge on any atom is -0.457 e. The Kier molecular flexibility index (Phi) is 41.5. The van der Waals surface area contributed by atoms with Crippen LogP contribution in [0, 0.1) is 0 Å². The van der Waals surface area contributed by atoms with E-state index in [-0.39, 0.29) is 13.0 Å². The molecule has 3 unspecified atom stereocenters. The summed E-state index contributed by atoms with van der Waals surface area (Å²) in [5, 5.41) is 18.4. The van der Waals surface area contributed by atoms with Gasteiger partial charge in [-0.05, 0) is 89.9 Å². The number of allylic oxidation sites excluding steroid dienone is 18. The molecule has 0 radical (unpaired) electrons. The van der Waals surface area contributed by atoms with Gasteiger partial charge in [0.05, 0.1) is 26.4 Å². The summed E-state index contributed by atoms with van der Waals surface area (Å²) in [6, 6.07) is 0. The van der Waals surface area contributed by atoms with Crippen LogP contribution in [-0.4, -0.2) is 66.3 Å². The van der Waals surface area contributed by atoms with Gasteiger partial charge in [0.25, 0.3) is 0 Å². The van der Waals surface area contributed by atoms with Crippen LogP contribution in [0.5, 0.6) is 0 Å². The van der Waals surface area contributed by atoms with E-state index in [2.05, 4.69) is 117 Å². The predicted octanol–water partition coefficient (Wildman–Crippen LogP) is 12.2. The summed E-state index contributed by atoms with van der Waals surface area (Å²) in [6.45, 7) is 3.15. The summed E-state index contributed by atoms with van der Waals surface area (Å²) in [7, 11) is -4.55. The molecule has 3 N–H and O–H groups in total. The van der Waals surface area contributed by atoms with Crippen molar-refractivity contribution in [1.82, 2.24) is 0 Å². The fourth-order valence-corrected chi connectivity index (χ4v) is 5.99. The lowest BCUT2D eigenvalue weighted by Gasteiger charge is -2.20. The number of hydrogen-bond donors (Lipinski definition) is 3. The first-order valence-electron chi connectivity index (χ1n) is 21.9. The highest BCUT2D eigenvalue weighted by Crippen LogP contribution is 2.43. The second kappa shape index (κ2) is 43.7. The van der Waals surface area contributed by atoms with Crippen molar-refractivity contribution in [3.8, 4) is 0 Å². The maximum Gasteiger partial charge on any atom is 0.472 e. The molecule has 0 aromatic rings. The van der Waals surface area contributed by atoms with Crippen molar-refractivity contribution >= 4 is 13.8 Å². The van der Waals surface area contributed by atoms with Crippen molar-refractivity contribution in [3.05, 3.63) is 109 Å². The molecule has 58 heavy (non-hydrogen) atoms.